The molecule has 0 saturated heterocycles. The summed E-state index contributed by atoms with van der Waals surface area (Å²) >= 11 is 0. The Morgan fingerprint density at radius 1 is 1.00 bits per heavy atom. The molecule has 7 N–H and O–H groups in total. The first-order chi connectivity index (χ1) is 4.91. The van der Waals surface area contributed by atoms with Gasteiger partial charge in [0.25, 0.3) is 0 Å². The summed E-state index contributed by atoms with van der Waals surface area (Å²) in [5.74, 6) is 0. The van der Waals surface area contributed by atoms with Gasteiger partial charge < -0.3 is 22.1 Å². The molecule has 0 fully saturated rings. The zero-order chi connectivity index (χ0) is 7.66. The molecule has 0 aliphatic carbocycles. The highest BCUT2D eigenvalue weighted by atomic mass is 14.9. The molecule has 4 nitrogen and oxygen atoms in total. The summed E-state index contributed by atoms with van der Waals surface area (Å²) in [6, 6.07) is 0. The summed E-state index contributed by atoms with van der Waals surface area (Å²) in [7, 11) is 0. The van der Waals surface area contributed by atoms with E-state index in [-0.39, 0.29) is 0 Å². The second kappa shape index (κ2) is 8.84. The highest BCUT2D eigenvalue weighted by molar-refractivity contribution is 4.50. The lowest BCUT2D eigenvalue weighted by molar-refractivity contribution is -0.365. The molecule has 0 rings (SSSR count). The highest BCUT2D eigenvalue weighted by Gasteiger charge is 1.84. The lowest BCUT2D eigenvalue weighted by atomic mass is 10.5. The van der Waals surface area contributed by atoms with Crippen LogP contribution in [-0.2, 0) is 0 Å². The van der Waals surface area contributed by atoms with Crippen molar-refractivity contribution in [3.63, 3.8) is 0 Å². The predicted octanol–water partition coefficient (Wildman–Crippen LogP) is -2.63. The molecule has 62 valence electrons. The molecule has 0 atom stereocenters. The van der Waals surface area contributed by atoms with Crippen molar-refractivity contribution in [1.29, 1.82) is 0 Å². The summed E-state index contributed by atoms with van der Waals surface area (Å²) in [5.41, 5.74) is 8.99. The maximum absolute atomic E-state index is 5.28. The average molecular weight is 147 g/mol. The SMILES string of the molecule is NCCNCCNCC[NH3+]. The van der Waals surface area contributed by atoms with Crippen LogP contribution in [0.4, 0.5) is 0 Å². The van der Waals surface area contributed by atoms with Gasteiger partial charge in [-0.2, -0.15) is 0 Å². The Hall–Kier alpha value is -0.160. The third kappa shape index (κ3) is 7.84. The van der Waals surface area contributed by atoms with Crippen LogP contribution in [0.25, 0.3) is 0 Å². The van der Waals surface area contributed by atoms with Gasteiger partial charge in [-0.3, -0.25) is 0 Å². The summed E-state index contributed by atoms with van der Waals surface area (Å²) in [5, 5.41) is 6.41. The van der Waals surface area contributed by atoms with Gasteiger partial charge in [0.05, 0.1) is 6.54 Å². The van der Waals surface area contributed by atoms with Crippen molar-refractivity contribution in [2.24, 2.45) is 5.73 Å². The van der Waals surface area contributed by atoms with Gasteiger partial charge in [-0.1, -0.05) is 0 Å². The van der Waals surface area contributed by atoms with E-state index in [9.17, 15) is 0 Å². The van der Waals surface area contributed by atoms with Gasteiger partial charge in [0.15, 0.2) is 0 Å². The summed E-state index contributed by atoms with van der Waals surface area (Å²) in [6.45, 7) is 5.59. The van der Waals surface area contributed by atoms with Gasteiger partial charge in [-0.15, -0.1) is 0 Å². The molecule has 4 heteroatoms. The molecule has 0 amide bonds. The standard InChI is InChI=1S/C6H18N4/c7-1-3-9-5-6-10-4-2-8/h9-10H,1-8H2/p+1. The molecule has 0 saturated carbocycles. The van der Waals surface area contributed by atoms with E-state index in [0.29, 0.717) is 0 Å². The van der Waals surface area contributed by atoms with Gasteiger partial charge in [-0.05, 0) is 0 Å². The number of quaternary nitrogens is 1. The summed E-state index contributed by atoms with van der Waals surface area (Å²) in [4.78, 5) is 0. The lowest BCUT2D eigenvalue weighted by Gasteiger charge is -2.02. The van der Waals surface area contributed by atoms with Crippen LogP contribution < -0.4 is 22.1 Å². The van der Waals surface area contributed by atoms with E-state index < -0.39 is 0 Å². The molecule has 0 aromatic carbocycles. The fraction of sp³-hybridized carbons (Fsp3) is 1.00. The molecule has 0 spiro atoms. The number of nitrogens with two attached hydrogens (primary N) is 1. The van der Waals surface area contributed by atoms with Gasteiger partial charge in [-0.25, -0.2) is 0 Å². The predicted molar refractivity (Wildman–Crippen MR) is 42.5 cm³/mol. The first-order valence-corrected chi connectivity index (χ1v) is 3.82. The van der Waals surface area contributed by atoms with Crippen molar-refractivity contribution in [2.45, 2.75) is 0 Å². The monoisotopic (exact) mass is 147 g/mol. The van der Waals surface area contributed by atoms with Gasteiger partial charge in [0, 0.05) is 32.7 Å². The fourth-order valence-electron chi connectivity index (χ4n) is 0.654. The number of hydrogen-bond donors (Lipinski definition) is 4. The normalized spacial score (nSPS) is 10.2. The Labute approximate surface area is 62.3 Å². The Morgan fingerprint density at radius 3 is 2.10 bits per heavy atom. The second-order valence-electron chi connectivity index (χ2n) is 2.14. The third-order valence-electron chi connectivity index (χ3n) is 1.15. The lowest BCUT2D eigenvalue weighted by Crippen LogP contribution is -2.54. The third-order valence-corrected chi connectivity index (χ3v) is 1.15. The summed E-state index contributed by atoms with van der Waals surface area (Å²) in [6.07, 6.45) is 0. The number of nitrogens with one attached hydrogen (secondary N) is 2. The Bertz CT molecular complexity index is 49.7. The largest absolute Gasteiger partial charge is 0.357 e. The van der Waals surface area contributed by atoms with E-state index in [1.807, 2.05) is 0 Å². The molecule has 0 heterocycles. The minimum absolute atomic E-state index is 0.718. The van der Waals surface area contributed by atoms with E-state index in [4.69, 9.17) is 5.73 Å². The van der Waals surface area contributed by atoms with Gasteiger partial charge in [0.1, 0.15) is 0 Å². The Kier molecular flexibility index (Phi) is 8.70. The van der Waals surface area contributed by atoms with E-state index >= 15 is 0 Å². The fourth-order valence-corrected chi connectivity index (χ4v) is 0.654. The smallest absolute Gasteiger partial charge is 0.0866 e. The van der Waals surface area contributed by atoms with E-state index in [2.05, 4.69) is 16.4 Å². The number of rotatable bonds is 7. The molecule has 0 aliphatic heterocycles. The van der Waals surface area contributed by atoms with Crippen molar-refractivity contribution >= 4 is 0 Å². The minimum atomic E-state index is 0.718. The van der Waals surface area contributed by atoms with Crippen LogP contribution in [-0.4, -0.2) is 39.3 Å². The molecular weight excluding hydrogens is 128 g/mol. The average Bonchev–Trinajstić information content (AvgIpc) is 1.97. The van der Waals surface area contributed by atoms with E-state index in [1.54, 1.807) is 0 Å². The maximum atomic E-state index is 5.28. The molecule has 0 aromatic rings. The summed E-state index contributed by atoms with van der Waals surface area (Å²) < 4.78 is 0. The molecule has 0 aromatic heterocycles. The van der Waals surface area contributed by atoms with Crippen LogP contribution in [0.15, 0.2) is 0 Å². The number of hydrogen-bond acceptors (Lipinski definition) is 3. The first kappa shape index (κ1) is 9.84. The van der Waals surface area contributed by atoms with Crippen molar-refractivity contribution in [3.8, 4) is 0 Å². The van der Waals surface area contributed by atoms with E-state index in [1.165, 1.54) is 0 Å². The molecule has 0 bridgehead atoms. The van der Waals surface area contributed by atoms with Crippen molar-refractivity contribution < 1.29 is 5.73 Å². The van der Waals surface area contributed by atoms with Gasteiger partial charge in [0.2, 0.25) is 0 Å². The Balaban J connectivity index is 2.65. The minimum Gasteiger partial charge on any atom is -0.357 e. The molecular formula is C6H19N4+. The molecule has 10 heavy (non-hydrogen) atoms. The van der Waals surface area contributed by atoms with Crippen LogP contribution in [0.3, 0.4) is 0 Å². The zero-order valence-corrected chi connectivity index (χ0v) is 6.53. The Morgan fingerprint density at radius 2 is 1.60 bits per heavy atom. The van der Waals surface area contributed by atoms with Crippen LogP contribution in [0.1, 0.15) is 0 Å². The molecule has 0 aliphatic rings. The molecule has 0 radical (unpaired) electrons. The van der Waals surface area contributed by atoms with E-state index in [0.717, 1.165) is 39.3 Å². The maximum Gasteiger partial charge on any atom is 0.0866 e. The van der Waals surface area contributed by atoms with Gasteiger partial charge >= 0.3 is 0 Å². The zero-order valence-electron chi connectivity index (χ0n) is 6.53. The van der Waals surface area contributed by atoms with Crippen LogP contribution >= 0.6 is 0 Å². The molecule has 0 unspecified atom stereocenters. The van der Waals surface area contributed by atoms with Crippen LogP contribution in [0.5, 0.6) is 0 Å². The van der Waals surface area contributed by atoms with Crippen LogP contribution in [0, 0.1) is 0 Å². The topological polar surface area (TPSA) is 77.7 Å². The first-order valence-electron chi connectivity index (χ1n) is 3.82. The second-order valence-corrected chi connectivity index (χ2v) is 2.14. The van der Waals surface area contributed by atoms with Crippen molar-refractivity contribution in [3.05, 3.63) is 0 Å². The quantitative estimate of drug-likeness (QED) is 0.297. The van der Waals surface area contributed by atoms with Crippen LogP contribution in [0.2, 0.25) is 0 Å². The van der Waals surface area contributed by atoms with Crippen molar-refractivity contribution in [1.82, 2.24) is 10.6 Å². The highest BCUT2D eigenvalue weighted by Crippen LogP contribution is 1.56. The van der Waals surface area contributed by atoms with Crippen molar-refractivity contribution in [2.75, 3.05) is 39.3 Å².